The van der Waals surface area contributed by atoms with Crippen molar-refractivity contribution in [1.82, 2.24) is 24.9 Å². The predicted octanol–water partition coefficient (Wildman–Crippen LogP) is 4.24. The van der Waals surface area contributed by atoms with Gasteiger partial charge in [0.05, 0.1) is 23.6 Å². The summed E-state index contributed by atoms with van der Waals surface area (Å²) in [5, 5.41) is 12.4. The molecule has 186 valence electrons. The quantitative estimate of drug-likeness (QED) is 0.413. The van der Waals surface area contributed by atoms with Gasteiger partial charge in [-0.3, -0.25) is 9.59 Å². The van der Waals surface area contributed by atoms with Crippen molar-refractivity contribution in [1.29, 1.82) is 0 Å². The zero-order valence-corrected chi connectivity index (χ0v) is 19.2. The number of para-hydroxylation sites is 1. The van der Waals surface area contributed by atoms with E-state index in [-0.39, 0.29) is 18.2 Å². The Morgan fingerprint density at radius 1 is 1.14 bits per heavy atom. The van der Waals surface area contributed by atoms with E-state index < -0.39 is 23.9 Å². The summed E-state index contributed by atoms with van der Waals surface area (Å²) >= 11 is 0. The van der Waals surface area contributed by atoms with Crippen LogP contribution in [0.25, 0.3) is 16.6 Å². The molecule has 8 nitrogen and oxygen atoms in total. The van der Waals surface area contributed by atoms with Crippen molar-refractivity contribution in [2.45, 2.75) is 44.6 Å². The highest BCUT2D eigenvalue weighted by atomic mass is 19.4. The highest BCUT2D eigenvalue weighted by Gasteiger charge is 2.32. The number of hydrogen-bond acceptors (Lipinski definition) is 5. The van der Waals surface area contributed by atoms with Crippen molar-refractivity contribution in [2.24, 2.45) is 0 Å². The molecule has 2 aromatic heterocycles. The summed E-state index contributed by atoms with van der Waals surface area (Å²) < 4.78 is 43.7. The normalized spacial score (nSPS) is 14.6. The lowest BCUT2D eigenvalue weighted by Gasteiger charge is -2.16. The van der Waals surface area contributed by atoms with Gasteiger partial charge in [0, 0.05) is 11.3 Å². The van der Waals surface area contributed by atoms with E-state index >= 15 is 0 Å². The molecule has 2 heterocycles. The van der Waals surface area contributed by atoms with Crippen molar-refractivity contribution in [2.75, 3.05) is 0 Å². The van der Waals surface area contributed by atoms with E-state index in [1.165, 1.54) is 24.3 Å². The number of nitrogens with zero attached hydrogens (tertiary/aromatic N) is 4. The standard InChI is InChI=1S/C25H22F3N5O3/c1-15(16-9-11-19(12-10-16)36-25(26,27)28)30-21(34)14-32-24(35)23-20(22(31-32)17-7-8-17)13-29-33(23)18-5-3-2-4-6-18/h2-6,9-13,15,17H,7-8,14H2,1H3,(H,30,34)/t15-/m0/s1. The molecule has 0 saturated heterocycles. The smallest absolute Gasteiger partial charge is 0.406 e. The molecule has 0 radical (unpaired) electrons. The highest BCUT2D eigenvalue weighted by Crippen LogP contribution is 2.41. The zero-order valence-electron chi connectivity index (χ0n) is 19.2. The molecule has 1 amide bonds. The number of carbonyl (C=O) groups excluding carboxylic acids is 1. The molecule has 1 fully saturated rings. The molecule has 0 aliphatic heterocycles. The Morgan fingerprint density at radius 3 is 2.47 bits per heavy atom. The van der Waals surface area contributed by atoms with Gasteiger partial charge in [-0.2, -0.15) is 10.2 Å². The molecule has 4 aromatic rings. The Hall–Kier alpha value is -4.15. The molecule has 1 aliphatic rings. The van der Waals surface area contributed by atoms with E-state index in [0.717, 1.165) is 28.9 Å². The van der Waals surface area contributed by atoms with Gasteiger partial charge < -0.3 is 10.1 Å². The molecular weight excluding hydrogens is 475 g/mol. The van der Waals surface area contributed by atoms with Crippen molar-refractivity contribution in [3.63, 3.8) is 0 Å². The number of halogens is 3. The van der Waals surface area contributed by atoms with Crippen molar-refractivity contribution in [3.8, 4) is 11.4 Å². The van der Waals surface area contributed by atoms with Crippen LogP contribution in [-0.2, 0) is 11.3 Å². The Balaban J connectivity index is 1.38. The lowest BCUT2D eigenvalue weighted by Crippen LogP contribution is -2.35. The van der Waals surface area contributed by atoms with Crippen LogP contribution in [0.5, 0.6) is 5.75 Å². The first-order chi connectivity index (χ1) is 17.2. The van der Waals surface area contributed by atoms with E-state index in [1.54, 1.807) is 17.8 Å². The van der Waals surface area contributed by atoms with E-state index in [4.69, 9.17) is 0 Å². The Morgan fingerprint density at radius 2 is 1.83 bits per heavy atom. The summed E-state index contributed by atoms with van der Waals surface area (Å²) in [6, 6.07) is 14.0. The van der Waals surface area contributed by atoms with Gasteiger partial charge in [-0.25, -0.2) is 9.36 Å². The maximum Gasteiger partial charge on any atom is 0.573 e. The number of rotatable bonds is 7. The second kappa shape index (κ2) is 9.14. The molecule has 11 heteroatoms. The van der Waals surface area contributed by atoms with E-state index in [2.05, 4.69) is 20.3 Å². The number of benzene rings is 2. The molecule has 1 N–H and O–H groups in total. The lowest BCUT2D eigenvalue weighted by atomic mass is 10.1. The minimum absolute atomic E-state index is 0.215. The second-order valence-corrected chi connectivity index (χ2v) is 8.68. The van der Waals surface area contributed by atoms with Crippen LogP contribution in [0.1, 0.15) is 43.0 Å². The largest absolute Gasteiger partial charge is 0.573 e. The summed E-state index contributed by atoms with van der Waals surface area (Å²) in [6.07, 6.45) is -1.23. The van der Waals surface area contributed by atoms with Crippen molar-refractivity contribution >= 4 is 16.8 Å². The SMILES string of the molecule is C[C@H](NC(=O)Cn1nc(C2CC2)c2cnn(-c3ccccc3)c2c1=O)c1ccc(OC(F)(F)F)cc1. The molecule has 2 aromatic carbocycles. The topological polar surface area (TPSA) is 91.0 Å². The first-order valence-corrected chi connectivity index (χ1v) is 11.4. The number of nitrogens with one attached hydrogen (secondary N) is 1. The first-order valence-electron chi connectivity index (χ1n) is 11.4. The minimum Gasteiger partial charge on any atom is -0.406 e. The van der Waals surface area contributed by atoms with Crippen LogP contribution in [0, 0.1) is 0 Å². The van der Waals surface area contributed by atoms with Gasteiger partial charge in [0.2, 0.25) is 5.91 Å². The Bertz CT molecular complexity index is 1460. The number of fused-ring (bicyclic) bond motifs is 1. The summed E-state index contributed by atoms with van der Waals surface area (Å²) in [4.78, 5) is 26.2. The van der Waals surface area contributed by atoms with Crippen LogP contribution in [-0.4, -0.2) is 31.8 Å². The van der Waals surface area contributed by atoms with Gasteiger partial charge in [-0.15, -0.1) is 13.2 Å². The second-order valence-electron chi connectivity index (χ2n) is 8.68. The zero-order chi connectivity index (χ0) is 25.4. The fourth-order valence-corrected chi connectivity index (χ4v) is 4.09. The van der Waals surface area contributed by atoms with Crippen LogP contribution >= 0.6 is 0 Å². The van der Waals surface area contributed by atoms with E-state index in [1.807, 2.05) is 30.3 Å². The molecular formula is C25H22F3N5O3. The fourth-order valence-electron chi connectivity index (χ4n) is 4.09. The third kappa shape index (κ3) is 4.95. The van der Waals surface area contributed by atoms with Crippen LogP contribution in [0.3, 0.4) is 0 Å². The van der Waals surface area contributed by atoms with Crippen LogP contribution in [0.4, 0.5) is 13.2 Å². The summed E-state index contributed by atoms with van der Waals surface area (Å²) in [7, 11) is 0. The molecule has 1 aliphatic carbocycles. The van der Waals surface area contributed by atoms with Crippen LogP contribution < -0.4 is 15.6 Å². The molecule has 1 saturated carbocycles. The third-order valence-electron chi connectivity index (χ3n) is 5.96. The molecule has 1 atom stereocenters. The molecule has 5 rings (SSSR count). The van der Waals surface area contributed by atoms with Crippen molar-refractivity contribution < 1.29 is 22.7 Å². The number of aromatic nitrogens is 4. The van der Waals surface area contributed by atoms with Gasteiger partial charge in [-0.1, -0.05) is 30.3 Å². The van der Waals surface area contributed by atoms with Gasteiger partial charge >= 0.3 is 6.36 Å². The summed E-state index contributed by atoms with van der Waals surface area (Å²) in [5.41, 5.74) is 1.97. The summed E-state index contributed by atoms with van der Waals surface area (Å²) in [6.45, 7) is 1.38. The van der Waals surface area contributed by atoms with Gasteiger partial charge in [0.15, 0.2) is 0 Å². The predicted molar refractivity (Wildman–Crippen MR) is 125 cm³/mol. The van der Waals surface area contributed by atoms with Gasteiger partial charge in [-0.05, 0) is 49.6 Å². The van der Waals surface area contributed by atoms with E-state index in [9.17, 15) is 22.8 Å². The Kier molecular flexibility index (Phi) is 5.99. The highest BCUT2D eigenvalue weighted by molar-refractivity contribution is 5.83. The summed E-state index contributed by atoms with van der Waals surface area (Å²) in [5.74, 6) is -0.594. The maximum absolute atomic E-state index is 13.4. The lowest BCUT2D eigenvalue weighted by molar-refractivity contribution is -0.274. The van der Waals surface area contributed by atoms with Crippen molar-refractivity contribution in [3.05, 3.63) is 82.4 Å². The third-order valence-corrected chi connectivity index (χ3v) is 5.96. The number of hydrogen-bond donors (Lipinski definition) is 1. The number of ether oxygens (including phenoxy) is 1. The number of amides is 1. The van der Waals surface area contributed by atoms with E-state index in [0.29, 0.717) is 16.5 Å². The Labute approximate surface area is 203 Å². The van der Waals surface area contributed by atoms with Crippen LogP contribution in [0.2, 0.25) is 0 Å². The maximum atomic E-state index is 13.4. The molecule has 0 spiro atoms. The van der Waals surface area contributed by atoms with Gasteiger partial charge in [0.25, 0.3) is 5.56 Å². The average Bonchev–Trinajstić information content (AvgIpc) is 3.58. The molecule has 0 bridgehead atoms. The number of carbonyl (C=O) groups is 1. The molecule has 36 heavy (non-hydrogen) atoms. The molecule has 0 unspecified atom stereocenters. The first kappa shape index (κ1) is 23.6. The average molecular weight is 497 g/mol. The number of alkyl halides is 3. The fraction of sp³-hybridized carbons (Fsp3) is 0.280. The minimum atomic E-state index is -4.78. The van der Waals surface area contributed by atoms with Crippen LogP contribution in [0.15, 0.2) is 65.6 Å². The monoisotopic (exact) mass is 497 g/mol. The van der Waals surface area contributed by atoms with Gasteiger partial charge in [0.1, 0.15) is 17.8 Å².